The summed E-state index contributed by atoms with van der Waals surface area (Å²) in [6.45, 7) is 11.7. The third kappa shape index (κ3) is 17.5. The van der Waals surface area contributed by atoms with E-state index >= 15 is 0 Å². The molecular formula is C52H68N12O12. The summed E-state index contributed by atoms with van der Waals surface area (Å²) in [6.07, 6.45) is 6.60. The molecule has 0 spiro atoms. The minimum Gasteiger partial charge on any atom is -0.379 e. The van der Waals surface area contributed by atoms with E-state index in [9.17, 15) is 47.9 Å². The number of primary amides is 1. The van der Waals surface area contributed by atoms with E-state index in [2.05, 4.69) is 47.2 Å². The van der Waals surface area contributed by atoms with Crippen molar-refractivity contribution in [3.8, 4) is 0 Å². The molecule has 1 unspecified atom stereocenters. The van der Waals surface area contributed by atoms with E-state index in [1.165, 1.54) is 13.8 Å². The van der Waals surface area contributed by atoms with Crippen molar-refractivity contribution in [2.75, 3.05) is 61.6 Å². The lowest BCUT2D eigenvalue weighted by Crippen LogP contribution is -2.58. The number of carbonyl (C=O) groups excluding carboxylic acids is 10. The van der Waals surface area contributed by atoms with Crippen molar-refractivity contribution in [1.29, 1.82) is 0 Å². The van der Waals surface area contributed by atoms with Gasteiger partial charge in [-0.25, -0.2) is 4.98 Å². The van der Waals surface area contributed by atoms with E-state index in [4.69, 9.17) is 15.2 Å². The molecule has 3 aromatic rings. The lowest BCUT2D eigenvalue weighted by atomic mass is 9.87. The largest absolute Gasteiger partial charge is 0.379 e. The number of hydrogen-bond donors (Lipinski definition) is 8. The van der Waals surface area contributed by atoms with Crippen LogP contribution in [0.5, 0.6) is 0 Å². The van der Waals surface area contributed by atoms with Crippen LogP contribution in [0.25, 0.3) is 0 Å². The number of pyridine rings is 2. The number of carbonyl (C=O) groups is 10. The molecule has 10 amide bonds. The minimum absolute atomic E-state index is 0.000306. The fraction of sp³-hybridized carbons (Fsp3) is 0.462. The third-order valence-electron chi connectivity index (χ3n) is 12.1. The molecule has 0 bridgehead atoms. The number of aromatic nitrogens is 2. The normalized spacial score (nSPS) is 15.0. The summed E-state index contributed by atoms with van der Waals surface area (Å²) in [6, 6.07) is 7.27. The Hall–Kier alpha value is -8.12. The molecule has 24 heteroatoms. The number of nitrogens with zero attached hydrogens (tertiary/aromatic N) is 4. The van der Waals surface area contributed by atoms with Crippen molar-refractivity contribution in [1.82, 2.24) is 41.5 Å². The summed E-state index contributed by atoms with van der Waals surface area (Å²) in [5.41, 5.74) is 7.97. The number of amides is 10. The van der Waals surface area contributed by atoms with Gasteiger partial charge in [0.15, 0.2) is 0 Å². The fourth-order valence-electron chi connectivity index (χ4n) is 8.13. The molecule has 4 heterocycles. The smallest absolute Gasteiger partial charge is 0.259 e. The zero-order chi connectivity index (χ0) is 55.5. The van der Waals surface area contributed by atoms with Crippen LogP contribution in [0.2, 0.25) is 0 Å². The van der Waals surface area contributed by atoms with E-state index in [1.807, 2.05) is 45.9 Å². The summed E-state index contributed by atoms with van der Waals surface area (Å²) in [5, 5.41) is 19.0. The highest BCUT2D eigenvalue weighted by Gasteiger charge is 2.41. The van der Waals surface area contributed by atoms with Crippen LogP contribution in [0.1, 0.15) is 88.7 Å². The lowest BCUT2D eigenvalue weighted by Gasteiger charge is -2.29. The molecular weight excluding hydrogens is 985 g/mol. The van der Waals surface area contributed by atoms with Crippen LogP contribution in [0, 0.1) is 5.92 Å². The molecule has 2 aromatic heterocycles. The predicted octanol–water partition coefficient (Wildman–Crippen LogP) is 0.720. The van der Waals surface area contributed by atoms with E-state index in [-0.39, 0.29) is 77.1 Å². The van der Waals surface area contributed by atoms with Gasteiger partial charge in [-0.3, -0.25) is 57.8 Å². The van der Waals surface area contributed by atoms with Gasteiger partial charge in [-0.1, -0.05) is 33.8 Å². The van der Waals surface area contributed by atoms with Crippen LogP contribution in [0.3, 0.4) is 0 Å². The number of anilines is 3. The predicted molar refractivity (Wildman–Crippen MR) is 278 cm³/mol. The van der Waals surface area contributed by atoms with Gasteiger partial charge in [0.2, 0.25) is 41.4 Å². The molecule has 4 atom stereocenters. The number of benzene rings is 1. The van der Waals surface area contributed by atoms with Crippen molar-refractivity contribution in [2.45, 2.75) is 103 Å². The Labute approximate surface area is 440 Å². The van der Waals surface area contributed by atoms with Crippen LogP contribution in [-0.4, -0.2) is 144 Å². The van der Waals surface area contributed by atoms with E-state index < -0.39 is 89.2 Å². The van der Waals surface area contributed by atoms with Gasteiger partial charge in [0.05, 0.1) is 38.4 Å². The molecule has 24 nitrogen and oxygen atoms in total. The average molecular weight is 1050 g/mol. The highest BCUT2D eigenvalue weighted by Crippen LogP contribution is 2.42. The first kappa shape index (κ1) is 58.8. The molecule has 2 aliphatic rings. The van der Waals surface area contributed by atoms with Crippen molar-refractivity contribution in [2.24, 2.45) is 11.7 Å². The first-order chi connectivity index (χ1) is 36.1. The van der Waals surface area contributed by atoms with Gasteiger partial charge in [-0.15, -0.1) is 0 Å². The van der Waals surface area contributed by atoms with Gasteiger partial charge >= 0.3 is 0 Å². The van der Waals surface area contributed by atoms with Crippen LogP contribution in [0.15, 0.2) is 73.2 Å². The molecule has 9 N–H and O–H groups in total. The summed E-state index contributed by atoms with van der Waals surface area (Å²) in [4.78, 5) is 140. The molecule has 5 rings (SSSR count). The van der Waals surface area contributed by atoms with E-state index in [0.29, 0.717) is 29.3 Å². The zero-order valence-corrected chi connectivity index (χ0v) is 43.6. The third-order valence-corrected chi connectivity index (χ3v) is 12.1. The molecule has 0 fully saturated rings. The number of ether oxygens (including phenoxy) is 2. The van der Waals surface area contributed by atoms with Gasteiger partial charge in [0.25, 0.3) is 17.7 Å². The first-order valence-electron chi connectivity index (χ1n) is 24.9. The Bertz CT molecular complexity index is 2630. The number of nitrogens with one attached hydrogen (secondary N) is 7. The number of rotatable bonds is 29. The number of imide groups is 1. The summed E-state index contributed by atoms with van der Waals surface area (Å²) >= 11 is 0. The highest BCUT2D eigenvalue weighted by molar-refractivity contribution is 6.13. The minimum atomic E-state index is -1.54. The van der Waals surface area contributed by atoms with E-state index in [0.717, 1.165) is 28.2 Å². The topological polar surface area (TPSA) is 332 Å². The van der Waals surface area contributed by atoms with Gasteiger partial charge in [-0.05, 0) is 73.7 Å². The van der Waals surface area contributed by atoms with Gasteiger partial charge in [0.1, 0.15) is 30.0 Å². The summed E-state index contributed by atoms with van der Waals surface area (Å²) in [5.74, 6) is -5.80. The van der Waals surface area contributed by atoms with E-state index in [1.54, 1.807) is 47.8 Å². The monoisotopic (exact) mass is 1050 g/mol. The second-order valence-corrected chi connectivity index (χ2v) is 19.3. The molecule has 408 valence electrons. The molecule has 0 saturated heterocycles. The number of nitrogens with two attached hydrogens (primary N) is 1. The van der Waals surface area contributed by atoms with Crippen molar-refractivity contribution < 1.29 is 57.4 Å². The van der Waals surface area contributed by atoms with Crippen molar-refractivity contribution in [3.05, 3.63) is 89.9 Å². The standard InChI is InChI=1S/C52H68N12O12/c1-31(2)26-39(51(74)64-30-52(5,6)37-10-9-35(27-40(37)64)60-49(72)36-8-7-17-56-46(36)57-29-34-13-18-54-19-14-34)62-50(73)38(28-41(53)65)61-48(71)33(4)59-47(70)32(3)58-43(67)16-22-75-24-25-76-23-20-55-42(66)15-21-63-44(68)11-12-45(63)69/h7-14,17-19,27,31-33,38-39H,15-16,20-26,28-30H2,1-6H3,(H2,53,65)(H,55,66)(H,56,57)(H,58,67)(H,59,70)(H,60,72)(H,61,71)(H,62,73)/t32-,33-,38-,39?/m1/s1. The lowest BCUT2D eigenvalue weighted by molar-refractivity contribution is -0.137. The molecule has 1 aromatic carbocycles. The first-order valence-corrected chi connectivity index (χ1v) is 24.9. The van der Waals surface area contributed by atoms with Crippen LogP contribution in [0.4, 0.5) is 17.2 Å². The Balaban J connectivity index is 1.09. The summed E-state index contributed by atoms with van der Waals surface area (Å²) < 4.78 is 10.8. The molecule has 0 aliphatic carbocycles. The maximum atomic E-state index is 14.6. The molecule has 76 heavy (non-hydrogen) atoms. The van der Waals surface area contributed by atoms with Gasteiger partial charge in [0, 0.05) is 86.6 Å². The molecule has 0 saturated carbocycles. The van der Waals surface area contributed by atoms with Crippen molar-refractivity contribution >= 4 is 76.3 Å². The Morgan fingerprint density at radius 3 is 2.09 bits per heavy atom. The van der Waals surface area contributed by atoms with Gasteiger partial charge in [-0.2, -0.15) is 0 Å². The SMILES string of the molecule is CC(C)CC(NC(=O)[C@@H](CC(N)=O)NC(=O)[C@@H](C)NC(=O)[C@@H](C)NC(=O)CCOCCOCCNC(=O)CCN1C(=O)C=CC1=O)C(=O)N1CC(C)(C)c2ccc(NC(=O)c3cccnc3NCc3ccncc3)cc21. The Morgan fingerprint density at radius 1 is 0.750 bits per heavy atom. The van der Waals surface area contributed by atoms with Crippen LogP contribution < -0.4 is 47.9 Å². The Morgan fingerprint density at radius 2 is 1.41 bits per heavy atom. The highest BCUT2D eigenvalue weighted by atomic mass is 16.5. The summed E-state index contributed by atoms with van der Waals surface area (Å²) in [7, 11) is 0. The molecule has 2 aliphatic heterocycles. The Kier molecular flexibility index (Phi) is 21.6. The van der Waals surface area contributed by atoms with Crippen LogP contribution in [-0.2, 0) is 64.6 Å². The van der Waals surface area contributed by atoms with Gasteiger partial charge < -0.3 is 57.3 Å². The number of fused-ring (bicyclic) bond motifs is 1. The fourth-order valence-corrected chi connectivity index (χ4v) is 8.13. The molecule has 0 radical (unpaired) electrons. The second kappa shape index (κ2) is 28.0. The maximum Gasteiger partial charge on any atom is 0.259 e. The average Bonchev–Trinajstić information content (AvgIpc) is 3.84. The number of hydrogen-bond acceptors (Lipinski definition) is 15. The maximum absolute atomic E-state index is 14.6. The quantitative estimate of drug-likeness (QED) is 0.0351. The van der Waals surface area contributed by atoms with Crippen LogP contribution >= 0.6 is 0 Å². The second-order valence-electron chi connectivity index (χ2n) is 19.3. The zero-order valence-electron chi connectivity index (χ0n) is 43.6. The van der Waals surface area contributed by atoms with Crippen molar-refractivity contribution in [3.63, 3.8) is 0 Å².